The van der Waals surface area contributed by atoms with Gasteiger partial charge in [0, 0.05) is 5.88 Å². The van der Waals surface area contributed by atoms with Gasteiger partial charge < -0.3 is 5.32 Å². The Morgan fingerprint density at radius 3 is 2.75 bits per heavy atom. The average molecular weight is 189 g/mol. The third kappa shape index (κ3) is 1.76. The Bertz CT molecular complexity index is 224. The van der Waals surface area contributed by atoms with Crippen molar-refractivity contribution < 1.29 is 9.59 Å². The lowest BCUT2D eigenvalue weighted by Crippen LogP contribution is -2.32. The molecule has 1 fully saturated rings. The molecule has 0 aromatic heterocycles. The van der Waals surface area contributed by atoms with Gasteiger partial charge in [-0.2, -0.15) is 0 Å². The second-order valence-corrected chi connectivity index (χ2v) is 2.79. The zero-order chi connectivity index (χ0) is 9.14. The summed E-state index contributed by atoms with van der Waals surface area (Å²) in [7, 11) is 0. The Labute approximate surface area is 75.2 Å². The van der Waals surface area contributed by atoms with Crippen LogP contribution in [0.3, 0.4) is 0 Å². The van der Waals surface area contributed by atoms with E-state index in [-0.39, 0.29) is 30.9 Å². The van der Waals surface area contributed by atoms with Gasteiger partial charge in [0.05, 0.1) is 13.1 Å². The molecule has 0 saturated carbocycles. The van der Waals surface area contributed by atoms with Crippen molar-refractivity contribution in [1.82, 2.24) is 10.2 Å². The van der Waals surface area contributed by atoms with Gasteiger partial charge in [-0.05, 0) is 5.57 Å². The standard InChI is InChI=1S/C7H9ClN2O2/c1-5(2-8)4-10-6(11)3-9-7(10)12/h1-4H2,(H,9,12). The largest absolute Gasteiger partial charge is 0.329 e. The van der Waals surface area contributed by atoms with E-state index in [1.807, 2.05) is 0 Å². The molecule has 1 rings (SSSR count). The van der Waals surface area contributed by atoms with Crippen LogP contribution in [0.4, 0.5) is 4.79 Å². The second-order valence-electron chi connectivity index (χ2n) is 2.52. The van der Waals surface area contributed by atoms with Crippen molar-refractivity contribution in [3.8, 4) is 0 Å². The van der Waals surface area contributed by atoms with Crippen molar-refractivity contribution in [3.05, 3.63) is 12.2 Å². The monoisotopic (exact) mass is 188 g/mol. The van der Waals surface area contributed by atoms with Crippen LogP contribution in [0.2, 0.25) is 0 Å². The van der Waals surface area contributed by atoms with Crippen LogP contribution < -0.4 is 5.32 Å². The quantitative estimate of drug-likeness (QED) is 0.394. The molecular formula is C7H9ClN2O2. The number of imide groups is 1. The molecule has 0 bridgehead atoms. The number of nitrogens with zero attached hydrogens (tertiary/aromatic N) is 1. The molecule has 0 aliphatic carbocycles. The fourth-order valence-corrected chi connectivity index (χ4v) is 0.966. The van der Waals surface area contributed by atoms with Gasteiger partial charge in [0.15, 0.2) is 0 Å². The molecule has 0 atom stereocenters. The smallest absolute Gasteiger partial charge is 0.324 e. The Morgan fingerprint density at radius 2 is 2.33 bits per heavy atom. The summed E-state index contributed by atoms with van der Waals surface area (Å²) in [6, 6.07) is -0.369. The third-order valence-electron chi connectivity index (χ3n) is 1.51. The molecule has 1 heterocycles. The molecule has 5 heteroatoms. The van der Waals surface area contributed by atoms with Crippen molar-refractivity contribution in [2.75, 3.05) is 19.0 Å². The number of rotatable bonds is 3. The molecule has 0 aromatic rings. The van der Waals surface area contributed by atoms with E-state index >= 15 is 0 Å². The fraction of sp³-hybridized carbons (Fsp3) is 0.429. The summed E-state index contributed by atoms with van der Waals surface area (Å²) in [5.74, 6) is 0.0307. The summed E-state index contributed by atoms with van der Waals surface area (Å²) in [6.45, 7) is 3.89. The van der Waals surface area contributed by atoms with Crippen LogP contribution in [0.15, 0.2) is 12.2 Å². The van der Waals surface area contributed by atoms with Gasteiger partial charge in [-0.25, -0.2) is 4.79 Å². The number of alkyl halides is 1. The Morgan fingerprint density at radius 1 is 1.67 bits per heavy atom. The maximum Gasteiger partial charge on any atom is 0.324 e. The number of halogens is 1. The predicted octanol–water partition coefficient (Wildman–Crippen LogP) is 0.333. The molecule has 4 nitrogen and oxygen atoms in total. The first-order valence-electron chi connectivity index (χ1n) is 3.46. The van der Waals surface area contributed by atoms with Crippen LogP contribution in [-0.4, -0.2) is 35.8 Å². The molecule has 12 heavy (non-hydrogen) atoms. The van der Waals surface area contributed by atoms with Gasteiger partial charge in [0.25, 0.3) is 0 Å². The summed E-state index contributed by atoms with van der Waals surface area (Å²) in [6.07, 6.45) is 0. The molecule has 0 unspecified atom stereocenters. The van der Waals surface area contributed by atoms with E-state index in [2.05, 4.69) is 11.9 Å². The number of carbonyl (C=O) groups is 2. The highest BCUT2D eigenvalue weighted by Gasteiger charge is 2.28. The van der Waals surface area contributed by atoms with E-state index in [0.29, 0.717) is 5.57 Å². The van der Waals surface area contributed by atoms with E-state index in [1.165, 1.54) is 0 Å². The highest BCUT2D eigenvalue weighted by atomic mass is 35.5. The first-order valence-corrected chi connectivity index (χ1v) is 3.99. The molecule has 0 aromatic carbocycles. The second kappa shape index (κ2) is 3.58. The van der Waals surface area contributed by atoms with Gasteiger partial charge in [-0.15, -0.1) is 11.6 Å². The van der Waals surface area contributed by atoms with Crippen LogP contribution in [0.25, 0.3) is 0 Å². The minimum absolute atomic E-state index is 0.0778. The number of carbonyl (C=O) groups excluding carboxylic acids is 2. The minimum atomic E-state index is -0.369. The maximum absolute atomic E-state index is 11.0. The third-order valence-corrected chi connectivity index (χ3v) is 1.89. The van der Waals surface area contributed by atoms with Crippen molar-refractivity contribution in [1.29, 1.82) is 0 Å². The van der Waals surface area contributed by atoms with Crippen LogP contribution in [-0.2, 0) is 4.79 Å². The Hall–Kier alpha value is -1.03. The van der Waals surface area contributed by atoms with Crippen LogP contribution in [0.1, 0.15) is 0 Å². The molecule has 3 amide bonds. The lowest BCUT2D eigenvalue weighted by Gasteiger charge is -2.11. The van der Waals surface area contributed by atoms with Crippen LogP contribution in [0, 0.1) is 0 Å². The van der Waals surface area contributed by atoms with E-state index in [4.69, 9.17) is 11.6 Å². The lowest BCUT2D eigenvalue weighted by molar-refractivity contribution is -0.124. The van der Waals surface area contributed by atoms with Crippen molar-refractivity contribution in [3.63, 3.8) is 0 Å². The minimum Gasteiger partial charge on any atom is -0.329 e. The molecule has 1 saturated heterocycles. The number of urea groups is 1. The summed E-state index contributed by atoms with van der Waals surface area (Å²) in [5, 5.41) is 2.40. The summed E-state index contributed by atoms with van der Waals surface area (Å²) in [4.78, 5) is 23.0. The topological polar surface area (TPSA) is 49.4 Å². The molecule has 1 aliphatic rings. The normalized spacial score (nSPS) is 16.6. The summed E-state index contributed by atoms with van der Waals surface area (Å²) >= 11 is 5.46. The van der Waals surface area contributed by atoms with E-state index in [9.17, 15) is 9.59 Å². The molecule has 66 valence electrons. The van der Waals surface area contributed by atoms with Crippen molar-refractivity contribution in [2.24, 2.45) is 0 Å². The molecular weight excluding hydrogens is 180 g/mol. The molecule has 0 spiro atoms. The van der Waals surface area contributed by atoms with Crippen molar-refractivity contribution >= 4 is 23.5 Å². The Balaban J connectivity index is 2.56. The van der Waals surface area contributed by atoms with E-state index in [0.717, 1.165) is 4.90 Å². The molecule has 1 N–H and O–H groups in total. The molecule has 0 radical (unpaired) electrons. The van der Waals surface area contributed by atoms with E-state index < -0.39 is 0 Å². The number of nitrogens with one attached hydrogen (secondary N) is 1. The highest BCUT2D eigenvalue weighted by molar-refractivity contribution is 6.19. The zero-order valence-electron chi connectivity index (χ0n) is 6.47. The average Bonchev–Trinajstić information content (AvgIpc) is 2.35. The Kier molecular flexibility index (Phi) is 2.70. The SMILES string of the molecule is C=C(CCl)CN1C(=O)CNC1=O. The number of hydrogen-bond acceptors (Lipinski definition) is 2. The summed E-state index contributed by atoms with van der Waals surface area (Å²) < 4.78 is 0. The lowest BCUT2D eigenvalue weighted by atomic mass is 10.3. The van der Waals surface area contributed by atoms with Gasteiger partial charge in [-0.3, -0.25) is 9.69 Å². The van der Waals surface area contributed by atoms with Gasteiger partial charge >= 0.3 is 6.03 Å². The number of hydrogen-bond donors (Lipinski definition) is 1. The summed E-state index contributed by atoms with van der Waals surface area (Å²) in [5.41, 5.74) is 0.655. The molecule has 1 aliphatic heterocycles. The van der Waals surface area contributed by atoms with Crippen LogP contribution in [0.5, 0.6) is 0 Å². The van der Waals surface area contributed by atoms with Crippen molar-refractivity contribution in [2.45, 2.75) is 0 Å². The predicted molar refractivity (Wildman–Crippen MR) is 45.0 cm³/mol. The maximum atomic E-state index is 11.0. The first-order chi connectivity index (χ1) is 5.65. The zero-order valence-corrected chi connectivity index (χ0v) is 7.23. The van der Waals surface area contributed by atoms with Gasteiger partial charge in [0.1, 0.15) is 0 Å². The highest BCUT2D eigenvalue weighted by Crippen LogP contribution is 2.04. The first kappa shape index (κ1) is 9.06. The van der Waals surface area contributed by atoms with Gasteiger partial charge in [0.2, 0.25) is 5.91 Å². The van der Waals surface area contributed by atoms with E-state index in [1.54, 1.807) is 0 Å². The van der Waals surface area contributed by atoms with Crippen LogP contribution >= 0.6 is 11.6 Å². The fourth-order valence-electron chi connectivity index (χ4n) is 0.881. The van der Waals surface area contributed by atoms with Gasteiger partial charge in [-0.1, -0.05) is 6.58 Å². The number of amides is 3.